The fraction of sp³-hybridized carbons (Fsp3) is 0.207. The number of thiocarbonyl (C=S) groups is 1. The molecule has 36 heavy (non-hydrogen) atoms. The number of benzene rings is 2. The molecule has 2 aromatic carbocycles. The van der Waals surface area contributed by atoms with Gasteiger partial charge in [0.1, 0.15) is 17.6 Å². The molecule has 6 nitrogen and oxygen atoms in total. The minimum Gasteiger partial charge on any atom is -0.459 e. The number of carbonyl (C=O) groups is 1. The topological polar surface area (TPSA) is 70.4 Å². The third-order valence-electron chi connectivity index (χ3n) is 6.35. The molecule has 2 N–H and O–H groups in total. The van der Waals surface area contributed by atoms with Crippen molar-refractivity contribution >= 4 is 34.6 Å². The summed E-state index contributed by atoms with van der Waals surface area (Å²) in [7, 11) is 0. The first-order valence-corrected chi connectivity index (χ1v) is 12.4. The maximum atomic E-state index is 12.2. The van der Waals surface area contributed by atoms with Crippen molar-refractivity contribution in [2.45, 2.75) is 32.9 Å². The quantitative estimate of drug-likeness (QED) is 0.300. The van der Waals surface area contributed by atoms with Gasteiger partial charge in [0.25, 0.3) is 0 Å². The van der Waals surface area contributed by atoms with E-state index in [0.717, 1.165) is 39.7 Å². The van der Waals surface area contributed by atoms with Gasteiger partial charge in [0, 0.05) is 29.1 Å². The monoisotopic (exact) mass is 496 g/mol. The summed E-state index contributed by atoms with van der Waals surface area (Å²) in [6, 6.07) is 25.4. The second-order valence-electron chi connectivity index (χ2n) is 9.21. The van der Waals surface area contributed by atoms with Crippen molar-refractivity contribution in [3.8, 4) is 11.3 Å². The van der Waals surface area contributed by atoms with Crippen LogP contribution in [-0.2, 0) is 4.79 Å². The van der Waals surface area contributed by atoms with Crippen LogP contribution in [0.2, 0.25) is 0 Å². The first kappa shape index (κ1) is 23.8. The zero-order valence-corrected chi connectivity index (χ0v) is 21.3. The number of hydrogen-bond acceptors (Lipinski definition) is 4. The molecule has 2 unspecified atom stereocenters. The second-order valence-corrected chi connectivity index (χ2v) is 9.59. The Hall–Kier alpha value is -3.97. The molecule has 0 bridgehead atoms. The van der Waals surface area contributed by atoms with Crippen LogP contribution in [0.15, 0.2) is 89.5 Å². The lowest BCUT2D eigenvalue weighted by molar-refractivity contribution is -0.118. The van der Waals surface area contributed by atoms with Gasteiger partial charge >= 0.3 is 0 Å². The van der Waals surface area contributed by atoms with Crippen LogP contribution >= 0.6 is 12.2 Å². The van der Waals surface area contributed by atoms with Crippen LogP contribution in [0.1, 0.15) is 42.9 Å². The first-order valence-electron chi connectivity index (χ1n) is 12.0. The van der Waals surface area contributed by atoms with Gasteiger partial charge in [0.2, 0.25) is 5.91 Å². The Morgan fingerprint density at radius 1 is 1.06 bits per heavy atom. The second kappa shape index (κ2) is 9.95. The van der Waals surface area contributed by atoms with Crippen molar-refractivity contribution in [3.63, 3.8) is 0 Å². The molecular formula is C29H28N4O2S. The SMILES string of the molecule is Cc1cc(N2C(=S)NC(c3ccccn3)C2c2ccc(-c3ccccc3)o2)ccc1NC(=O)C(C)C. The van der Waals surface area contributed by atoms with Gasteiger partial charge < -0.3 is 20.0 Å². The largest absolute Gasteiger partial charge is 0.459 e. The number of hydrogen-bond donors (Lipinski definition) is 2. The van der Waals surface area contributed by atoms with Crippen molar-refractivity contribution in [1.29, 1.82) is 0 Å². The summed E-state index contributed by atoms with van der Waals surface area (Å²) in [5, 5.41) is 7.06. The van der Waals surface area contributed by atoms with Crippen LogP contribution in [0, 0.1) is 12.8 Å². The molecule has 0 aliphatic carbocycles. The van der Waals surface area contributed by atoms with Gasteiger partial charge in [-0.05, 0) is 67.2 Å². The number of pyridine rings is 1. The van der Waals surface area contributed by atoms with E-state index in [1.807, 2.05) is 99.6 Å². The third-order valence-corrected chi connectivity index (χ3v) is 6.66. The Morgan fingerprint density at radius 3 is 2.53 bits per heavy atom. The summed E-state index contributed by atoms with van der Waals surface area (Å²) in [5.74, 6) is 1.47. The van der Waals surface area contributed by atoms with E-state index in [1.54, 1.807) is 6.20 Å². The van der Waals surface area contributed by atoms with Crippen LogP contribution in [0.25, 0.3) is 11.3 Å². The molecule has 3 heterocycles. The molecule has 2 atom stereocenters. The van der Waals surface area contributed by atoms with Crippen molar-refractivity contribution < 1.29 is 9.21 Å². The van der Waals surface area contributed by atoms with Gasteiger partial charge in [-0.3, -0.25) is 9.78 Å². The van der Waals surface area contributed by atoms with Gasteiger partial charge in [-0.2, -0.15) is 0 Å². The lowest BCUT2D eigenvalue weighted by Crippen LogP contribution is -2.29. The molecule has 1 amide bonds. The maximum absolute atomic E-state index is 12.2. The zero-order chi connectivity index (χ0) is 25.2. The molecular weight excluding hydrogens is 468 g/mol. The molecule has 182 valence electrons. The summed E-state index contributed by atoms with van der Waals surface area (Å²) < 4.78 is 6.41. The van der Waals surface area contributed by atoms with E-state index in [9.17, 15) is 4.79 Å². The average molecular weight is 497 g/mol. The molecule has 4 aromatic rings. The number of furan rings is 1. The molecule has 7 heteroatoms. The van der Waals surface area contributed by atoms with Crippen molar-refractivity contribution in [3.05, 3.63) is 102 Å². The number of rotatable bonds is 6. The van der Waals surface area contributed by atoms with Crippen LogP contribution in [0.5, 0.6) is 0 Å². The lowest BCUT2D eigenvalue weighted by atomic mass is 10.0. The maximum Gasteiger partial charge on any atom is 0.226 e. The highest BCUT2D eigenvalue weighted by molar-refractivity contribution is 7.80. The van der Waals surface area contributed by atoms with Crippen molar-refractivity contribution in [2.24, 2.45) is 5.92 Å². The number of anilines is 2. The van der Waals surface area contributed by atoms with Gasteiger partial charge in [0.05, 0.1) is 11.7 Å². The Balaban J connectivity index is 1.54. The van der Waals surface area contributed by atoms with E-state index in [1.165, 1.54) is 0 Å². The highest BCUT2D eigenvalue weighted by Gasteiger charge is 2.42. The number of nitrogens with one attached hydrogen (secondary N) is 2. The minimum atomic E-state index is -0.250. The predicted molar refractivity (Wildman–Crippen MR) is 147 cm³/mol. The van der Waals surface area contributed by atoms with E-state index in [2.05, 4.69) is 20.5 Å². The average Bonchev–Trinajstić information content (AvgIpc) is 3.51. The van der Waals surface area contributed by atoms with Gasteiger partial charge in [-0.25, -0.2) is 0 Å². The van der Waals surface area contributed by atoms with E-state index in [0.29, 0.717) is 5.11 Å². The van der Waals surface area contributed by atoms with Crippen LogP contribution in [0.3, 0.4) is 0 Å². The van der Waals surface area contributed by atoms with E-state index in [4.69, 9.17) is 16.6 Å². The molecule has 5 rings (SSSR count). The minimum absolute atomic E-state index is 0.0127. The Bertz CT molecular complexity index is 1380. The molecule has 1 saturated heterocycles. The van der Waals surface area contributed by atoms with Gasteiger partial charge in [0.15, 0.2) is 5.11 Å². The summed E-state index contributed by atoms with van der Waals surface area (Å²) in [6.45, 7) is 5.74. The molecule has 1 fully saturated rings. The third kappa shape index (κ3) is 4.62. The standard InChI is InChI=1S/C29H28N4O2S/c1-18(2)28(34)31-22-13-12-21(17-19(22)3)33-27(26(32-29(33)36)23-11-7-8-16-30-23)25-15-14-24(35-25)20-9-5-4-6-10-20/h4-18,26-27H,1-3H3,(H,31,34)(H,32,36). The zero-order valence-electron chi connectivity index (χ0n) is 20.4. The van der Waals surface area contributed by atoms with E-state index >= 15 is 0 Å². The van der Waals surface area contributed by atoms with Gasteiger partial charge in [-0.1, -0.05) is 50.2 Å². The number of nitrogens with zero attached hydrogens (tertiary/aromatic N) is 2. The molecule has 1 aliphatic rings. The van der Waals surface area contributed by atoms with Crippen molar-refractivity contribution in [1.82, 2.24) is 10.3 Å². The van der Waals surface area contributed by atoms with Crippen molar-refractivity contribution in [2.75, 3.05) is 10.2 Å². The van der Waals surface area contributed by atoms with E-state index < -0.39 is 0 Å². The number of amides is 1. The lowest BCUT2D eigenvalue weighted by Gasteiger charge is -2.27. The van der Waals surface area contributed by atoms with Crippen LogP contribution in [0.4, 0.5) is 11.4 Å². The summed E-state index contributed by atoms with van der Waals surface area (Å²) in [5.41, 5.74) is 4.54. The Morgan fingerprint density at radius 2 is 1.83 bits per heavy atom. The number of aromatic nitrogens is 1. The molecule has 2 aromatic heterocycles. The number of aryl methyl sites for hydroxylation is 1. The molecule has 0 spiro atoms. The highest BCUT2D eigenvalue weighted by Crippen LogP contribution is 2.43. The van der Waals surface area contributed by atoms with E-state index in [-0.39, 0.29) is 23.9 Å². The van der Waals surface area contributed by atoms with Crippen LogP contribution in [-0.4, -0.2) is 16.0 Å². The molecule has 0 saturated carbocycles. The summed E-state index contributed by atoms with van der Waals surface area (Å²) in [6.07, 6.45) is 1.79. The fourth-order valence-electron chi connectivity index (χ4n) is 4.41. The summed E-state index contributed by atoms with van der Waals surface area (Å²) in [4.78, 5) is 18.9. The smallest absolute Gasteiger partial charge is 0.226 e. The summed E-state index contributed by atoms with van der Waals surface area (Å²) >= 11 is 5.83. The number of carbonyl (C=O) groups excluding carboxylic acids is 1. The van der Waals surface area contributed by atoms with Gasteiger partial charge in [-0.15, -0.1) is 0 Å². The fourth-order valence-corrected chi connectivity index (χ4v) is 4.75. The first-order chi connectivity index (χ1) is 17.4. The Kier molecular flexibility index (Phi) is 6.57. The van der Waals surface area contributed by atoms with Crippen LogP contribution < -0.4 is 15.5 Å². The Labute approximate surface area is 216 Å². The molecule has 1 aliphatic heterocycles. The normalized spacial score (nSPS) is 17.3. The highest BCUT2D eigenvalue weighted by atomic mass is 32.1. The molecule has 0 radical (unpaired) electrons. The predicted octanol–water partition coefficient (Wildman–Crippen LogP) is 6.42.